The molecule has 1 aliphatic rings. The zero-order valence-electron chi connectivity index (χ0n) is 9.71. The van der Waals surface area contributed by atoms with Crippen molar-refractivity contribution in [3.63, 3.8) is 0 Å². The summed E-state index contributed by atoms with van der Waals surface area (Å²) in [5.74, 6) is 0.535. The number of nitrogens with zero attached hydrogens (tertiary/aromatic N) is 1. The third-order valence-electron chi connectivity index (χ3n) is 3.28. The molecule has 0 saturated carbocycles. The lowest BCUT2D eigenvalue weighted by molar-refractivity contribution is 0.109. The van der Waals surface area contributed by atoms with Gasteiger partial charge in [-0.2, -0.15) is 0 Å². The fourth-order valence-corrected chi connectivity index (χ4v) is 2.49. The van der Waals surface area contributed by atoms with Crippen molar-refractivity contribution in [2.24, 2.45) is 0 Å². The number of ether oxygens (including phenoxy) is 1. The lowest BCUT2D eigenvalue weighted by Gasteiger charge is -2.13. The minimum atomic E-state index is 0.535. The summed E-state index contributed by atoms with van der Waals surface area (Å²) in [5, 5.41) is 1.33. The quantitative estimate of drug-likeness (QED) is 0.796. The van der Waals surface area contributed by atoms with E-state index in [4.69, 9.17) is 4.74 Å². The van der Waals surface area contributed by atoms with Gasteiger partial charge in [-0.05, 0) is 29.5 Å². The van der Waals surface area contributed by atoms with Gasteiger partial charge in [0.15, 0.2) is 0 Å². The van der Waals surface area contributed by atoms with Crippen LogP contribution in [0.25, 0.3) is 11.0 Å². The third kappa shape index (κ3) is 1.35. The molecule has 0 saturated heterocycles. The molecule has 16 heavy (non-hydrogen) atoms. The van der Waals surface area contributed by atoms with E-state index in [-0.39, 0.29) is 0 Å². The van der Waals surface area contributed by atoms with E-state index in [1.807, 2.05) is 6.20 Å². The van der Waals surface area contributed by atoms with Gasteiger partial charge < -0.3 is 9.72 Å². The van der Waals surface area contributed by atoms with Crippen molar-refractivity contribution in [1.82, 2.24) is 9.97 Å². The third-order valence-corrected chi connectivity index (χ3v) is 3.28. The van der Waals surface area contributed by atoms with Crippen LogP contribution in [0, 0.1) is 0 Å². The highest BCUT2D eigenvalue weighted by Crippen LogP contribution is 2.31. The molecule has 3 rings (SSSR count). The summed E-state index contributed by atoms with van der Waals surface area (Å²) in [5.41, 5.74) is 5.03. The maximum Gasteiger partial charge on any atom is 0.138 e. The summed E-state index contributed by atoms with van der Waals surface area (Å²) in [4.78, 5) is 7.79. The predicted octanol–water partition coefficient (Wildman–Crippen LogP) is 2.76. The molecule has 3 heteroatoms. The van der Waals surface area contributed by atoms with E-state index >= 15 is 0 Å². The summed E-state index contributed by atoms with van der Waals surface area (Å²) in [6, 6.07) is 2.14. The second kappa shape index (κ2) is 3.59. The van der Waals surface area contributed by atoms with Gasteiger partial charge in [-0.15, -0.1) is 0 Å². The van der Waals surface area contributed by atoms with Crippen molar-refractivity contribution >= 4 is 11.0 Å². The van der Waals surface area contributed by atoms with Gasteiger partial charge in [-0.1, -0.05) is 13.8 Å². The van der Waals surface area contributed by atoms with Gasteiger partial charge >= 0.3 is 0 Å². The van der Waals surface area contributed by atoms with Crippen molar-refractivity contribution in [3.05, 3.63) is 29.1 Å². The van der Waals surface area contributed by atoms with Crippen LogP contribution in [-0.2, 0) is 17.8 Å². The second-order valence-corrected chi connectivity index (χ2v) is 4.66. The van der Waals surface area contributed by atoms with E-state index in [9.17, 15) is 0 Å². The molecular formula is C13H16N2O. The largest absolute Gasteiger partial charge is 0.375 e. The molecule has 2 aromatic rings. The number of hydrogen-bond donors (Lipinski definition) is 1. The van der Waals surface area contributed by atoms with Gasteiger partial charge in [0.1, 0.15) is 5.65 Å². The topological polar surface area (TPSA) is 37.9 Å². The van der Waals surface area contributed by atoms with Crippen molar-refractivity contribution < 1.29 is 4.74 Å². The highest BCUT2D eigenvalue weighted by atomic mass is 16.5. The average molecular weight is 216 g/mol. The van der Waals surface area contributed by atoms with Crippen molar-refractivity contribution in [2.45, 2.75) is 32.8 Å². The Kier molecular flexibility index (Phi) is 2.21. The van der Waals surface area contributed by atoms with E-state index in [0.717, 1.165) is 18.7 Å². The number of H-pyrrole nitrogens is 1. The first-order valence-corrected chi connectivity index (χ1v) is 5.83. The lowest BCUT2D eigenvalue weighted by Crippen LogP contribution is -2.08. The predicted molar refractivity (Wildman–Crippen MR) is 63.5 cm³/mol. The van der Waals surface area contributed by atoms with E-state index in [2.05, 4.69) is 29.9 Å². The molecule has 0 radical (unpaired) electrons. The van der Waals surface area contributed by atoms with Gasteiger partial charge in [0.05, 0.1) is 13.2 Å². The highest BCUT2D eigenvalue weighted by molar-refractivity contribution is 5.85. The van der Waals surface area contributed by atoms with Crippen LogP contribution < -0.4 is 0 Å². The molecule has 84 valence electrons. The summed E-state index contributed by atoms with van der Waals surface area (Å²) in [6.07, 6.45) is 2.89. The molecule has 2 aromatic heterocycles. The van der Waals surface area contributed by atoms with E-state index in [1.165, 1.54) is 22.2 Å². The van der Waals surface area contributed by atoms with Crippen molar-refractivity contribution in [3.8, 4) is 0 Å². The first-order chi connectivity index (χ1) is 7.77. The molecule has 0 aliphatic carbocycles. The van der Waals surface area contributed by atoms with Crippen LogP contribution >= 0.6 is 0 Å². The zero-order chi connectivity index (χ0) is 11.1. The Morgan fingerprint density at radius 1 is 1.44 bits per heavy atom. The van der Waals surface area contributed by atoms with Crippen LogP contribution in [0.3, 0.4) is 0 Å². The molecule has 0 fully saturated rings. The van der Waals surface area contributed by atoms with Gasteiger partial charge in [-0.3, -0.25) is 0 Å². The van der Waals surface area contributed by atoms with Gasteiger partial charge in [0, 0.05) is 17.3 Å². The second-order valence-electron chi connectivity index (χ2n) is 4.66. The maximum absolute atomic E-state index is 5.47. The monoisotopic (exact) mass is 216 g/mol. The number of hydrogen-bond acceptors (Lipinski definition) is 2. The lowest BCUT2D eigenvalue weighted by atomic mass is 9.96. The molecule has 0 bridgehead atoms. The molecule has 1 aliphatic heterocycles. The number of nitrogens with one attached hydrogen (secondary N) is 1. The number of aromatic amines is 1. The van der Waals surface area contributed by atoms with Crippen LogP contribution in [0.4, 0.5) is 0 Å². The van der Waals surface area contributed by atoms with Gasteiger partial charge in [-0.25, -0.2) is 4.98 Å². The molecule has 0 aromatic carbocycles. The summed E-state index contributed by atoms with van der Waals surface area (Å²) >= 11 is 0. The average Bonchev–Trinajstić information content (AvgIpc) is 2.66. The molecule has 3 nitrogen and oxygen atoms in total. The number of aromatic nitrogens is 2. The summed E-state index contributed by atoms with van der Waals surface area (Å²) in [7, 11) is 0. The standard InChI is InChI=1S/C13H16N2O/c1-8(2)9-3-5-14-13-12(9)10-4-6-16-7-11(10)15-13/h3,5,8H,4,6-7H2,1-2H3,(H,14,15). The Morgan fingerprint density at radius 2 is 2.31 bits per heavy atom. The maximum atomic E-state index is 5.47. The van der Waals surface area contributed by atoms with E-state index in [1.54, 1.807) is 0 Å². The van der Waals surface area contributed by atoms with Crippen LogP contribution in [0.5, 0.6) is 0 Å². The molecule has 3 heterocycles. The smallest absolute Gasteiger partial charge is 0.138 e. The normalized spacial score (nSPS) is 15.7. The number of pyridine rings is 1. The molecule has 0 amide bonds. The minimum Gasteiger partial charge on any atom is -0.375 e. The van der Waals surface area contributed by atoms with Crippen LogP contribution in [-0.4, -0.2) is 16.6 Å². The minimum absolute atomic E-state index is 0.535. The fourth-order valence-electron chi connectivity index (χ4n) is 2.49. The fraction of sp³-hybridized carbons (Fsp3) is 0.462. The van der Waals surface area contributed by atoms with Gasteiger partial charge in [0.2, 0.25) is 0 Å². The first kappa shape index (κ1) is 9.85. The Labute approximate surface area is 94.8 Å². The Bertz CT molecular complexity index is 528. The summed E-state index contributed by atoms with van der Waals surface area (Å²) in [6.45, 7) is 5.98. The van der Waals surface area contributed by atoms with Crippen molar-refractivity contribution in [2.75, 3.05) is 6.61 Å². The summed E-state index contributed by atoms with van der Waals surface area (Å²) < 4.78 is 5.47. The van der Waals surface area contributed by atoms with Crippen LogP contribution in [0.2, 0.25) is 0 Å². The Balaban J connectivity index is 2.32. The Morgan fingerprint density at radius 3 is 3.12 bits per heavy atom. The Hall–Kier alpha value is -1.35. The van der Waals surface area contributed by atoms with E-state index < -0.39 is 0 Å². The molecular weight excluding hydrogens is 200 g/mol. The van der Waals surface area contributed by atoms with Crippen LogP contribution in [0.1, 0.15) is 36.6 Å². The molecule has 0 spiro atoms. The highest BCUT2D eigenvalue weighted by Gasteiger charge is 2.19. The zero-order valence-corrected chi connectivity index (χ0v) is 9.71. The molecule has 0 atom stereocenters. The van der Waals surface area contributed by atoms with Gasteiger partial charge in [0.25, 0.3) is 0 Å². The first-order valence-electron chi connectivity index (χ1n) is 5.83. The number of fused-ring (bicyclic) bond motifs is 3. The van der Waals surface area contributed by atoms with Crippen molar-refractivity contribution in [1.29, 1.82) is 0 Å². The van der Waals surface area contributed by atoms with E-state index in [0.29, 0.717) is 12.5 Å². The molecule has 1 N–H and O–H groups in total. The molecule has 0 unspecified atom stereocenters. The van der Waals surface area contributed by atoms with Crippen LogP contribution in [0.15, 0.2) is 12.3 Å². The SMILES string of the molecule is CC(C)c1ccnc2[nH]c3c(c12)CCOC3. The number of rotatable bonds is 1.